The molecule has 0 bridgehead atoms. The molecule has 0 unspecified atom stereocenters. The summed E-state index contributed by atoms with van der Waals surface area (Å²) in [6.07, 6.45) is 0. The predicted octanol–water partition coefficient (Wildman–Crippen LogP) is 1.30. The third-order valence-electron chi connectivity index (χ3n) is 0. The quantitative estimate of drug-likeness (QED) is 0.515. The van der Waals surface area contributed by atoms with Crippen molar-refractivity contribution < 1.29 is 131 Å². The first-order valence-corrected chi connectivity index (χ1v) is 1.41. The topological polar surface area (TPSA) is 0 Å². The molecule has 0 saturated heterocycles. The van der Waals surface area contributed by atoms with Crippen LogP contribution in [0, 0.1) is 33.1 Å². The Kier molecular flexibility index (Phi) is 48.4. The second-order valence-electron chi connectivity index (χ2n) is 1.50. The third kappa shape index (κ3) is 69.1. The molecule has 0 rings (SSSR count). The normalized spacial score (nSPS) is 6.67. The first-order chi connectivity index (χ1) is 2.00. The average Bonchev–Trinajstić information content (AvgIpc) is 0.722. The van der Waals surface area contributed by atoms with E-state index >= 15 is 0 Å². The van der Waals surface area contributed by atoms with Crippen LogP contribution in [0.25, 0.3) is 0 Å². The fourth-order valence-corrected chi connectivity index (χ4v) is 0. The van der Waals surface area contributed by atoms with Crippen molar-refractivity contribution in [1.29, 1.82) is 0 Å². The molecule has 0 spiro atoms. The van der Waals surface area contributed by atoms with E-state index < -0.39 is 5.41 Å². The summed E-state index contributed by atoms with van der Waals surface area (Å²) >= 11 is 0. The van der Waals surface area contributed by atoms with Crippen LogP contribution in [-0.2, 0) is 131 Å². The summed E-state index contributed by atoms with van der Waals surface area (Å²) < 4.78 is 0. The van der Waals surface area contributed by atoms with E-state index in [0.29, 0.717) is 0 Å². The summed E-state index contributed by atoms with van der Waals surface area (Å²) in [5.74, 6) is 0. The fraction of sp³-hybridized carbons (Fsp3) is 0.200. The minimum atomic E-state index is -0.500. The Bertz CT molecular complexity index is 24.4. The van der Waals surface area contributed by atoms with Crippen LogP contribution in [0.5, 0.6) is 0 Å². The molecule has 0 fully saturated rings. The van der Waals surface area contributed by atoms with Gasteiger partial charge >= 0.3 is 0 Å². The van der Waals surface area contributed by atoms with Crippen LogP contribution in [0.2, 0.25) is 0 Å². The van der Waals surface area contributed by atoms with Crippen molar-refractivity contribution in [2.75, 3.05) is 0 Å². The van der Waals surface area contributed by atoms with E-state index in [9.17, 15) is 0 Å². The zero-order valence-corrected chi connectivity index (χ0v) is 17.0. The number of hydrogen-bond donors (Lipinski definition) is 0. The van der Waals surface area contributed by atoms with Crippen LogP contribution >= 0.6 is 0 Å². The summed E-state index contributed by atoms with van der Waals surface area (Å²) in [5, 5.41) is 0. The summed E-state index contributed by atoms with van der Waals surface area (Å²) in [4.78, 5) is 0. The molecule has 0 saturated carbocycles. The van der Waals surface area contributed by atoms with Crippen molar-refractivity contribution in [2.24, 2.45) is 5.41 Å². The molecule has 0 N–H and O–H groups in total. The molecule has 0 heterocycles. The van der Waals surface area contributed by atoms with Gasteiger partial charge in [-0.2, -0.15) is 0 Å². The second-order valence-corrected chi connectivity index (χ2v) is 1.50. The van der Waals surface area contributed by atoms with Gasteiger partial charge in [-0.15, -0.1) is 0 Å². The molecule has 0 aromatic rings. The van der Waals surface area contributed by atoms with Crippen LogP contribution in [0.4, 0.5) is 0 Å². The van der Waals surface area contributed by atoms with Gasteiger partial charge in [0, 0.05) is 131 Å². The Balaban J connectivity index is -0.0000000133. The molecular formula is C5H8Y4-4. The molecule has 9 heavy (non-hydrogen) atoms. The van der Waals surface area contributed by atoms with Crippen LogP contribution in [-0.4, -0.2) is 0 Å². The zero-order chi connectivity index (χ0) is 4.50. The van der Waals surface area contributed by atoms with Crippen molar-refractivity contribution in [3.63, 3.8) is 0 Å². The van der Waals surface area contributed by atoms with Gasteiger partial charge in [0.25, 0.3) is 0 Å². The van der Waals surface area contributed by atoms with E-state index in [1.54, 1.807) is 0 Å². The van der Waals surface area contributed by atoms with Gasteiger partial charge in [-0.1, -0.05) is 0 Å². The minimum Gasteiger partial charge on any atom is -0.584 e. The van der Waals surface area contributed by atoms with Gasteiger partial charge in [-0.25, -0.2) is 0 Å². The van der Waals surface area contributed by atoms with E-state index in [2.05, 4.69) is 27.7 Å². The van der Waals surface area contributed by atoms with Gasteiger partial charge in [0.1, 0.15) is 0 Å². The maximum atomic E-state index is 3.44. The molecule has 4 heteroatoms. The second kappa shape index (κ2) is 14.9. The van der Waals surface area contributed by atoms with Crippen molar-refractivity contribution >= 4 is 0 Å². The van der Waals surface area contributed by atoms with Crippen LogP contribution in [0.1, 0.15) is 0 Å². The maximum Gasteiger partial charge on any atom is 0 e. The van der Waals surface area contributed by atoms with E-state index in [1.165, 1.54) is 0 Å². The summed E-state index contributed by atoms with van der Waals surface area (Å²) in [5.41, 5.74) is -0.500. The van der Waals surface area contributed by atoms with E-state index in [1.807, 2.05) is 0 Å². The Labute approximate surface area is 160 Å². The standard InChI is InChI=1S/C5H8.4Y/c1-5(2,3)4;;;;/h1-4H2;;;;/q-4;;;;. The smallest absolute Gasteiger partial charge is 0 e. The SMILES string of the molecule is [CH2-]C([CH2-])([CH2-])[CH2-].[Y].[Y].[Y].[Y]. The van der Waals surface area contributed by atoms with Gasteiger partial charge < -0.3 is 33.1 Å². The minimum absolute atomic E-state index is 0. The monoisotopic (exact) mass is 424 g/mol. The Morgan fingerprint density at radius 2 is 0.556 bits per heavy atom. The molecule has 0 aromatic carbocycles. The van der Waals surface area contributed by atoms with Crippen molar-refractivity contribution in [2.45, 2.75) is 0 Å². The molecule has 44 valence electrons. The molecule has 0 aliphatic carbocycles. The molecule has 0 atom stereocenters. The van der Waals surface area contributed by atoms with E-state index in [-0.39, 0.29) is 131 Å². The Morgan fingerprint density at radius 1 is 0.556 bits per heavy atom. The Hall–Kier alpha value is 4.42. The van der Waals surface area contributed by atoms with Gasteiger partial charge in [0.2, 0.25) is 0 Å². The molecule has 0 nitrogen and oxygen atoms in total. The predicted molar refractivity (Wildman–Crippen MR) is 23.9 cm³/mol. The molecule has 0 aromatic heterocycles. The maximum absolute atomic E-state index is 3.44. The molecular weight excluding hydrogens is 416 g/mol. The van der Waals surface area contributed by atoms with Crippen molar-refractivity contribution in [1.82, 2.24) is 0 Å². The van der Waals surface area contributed by atoms with Crippen LogP contribution in [0.3, 0.4) is 0 Å². The Morgan fingerprint density at radius 3 is 0.556 bits per heavy atom. The fourth-order valence-electron chi connectivity index (χ4n) is 0. The van der Waals surface area contributed by atoms with Gasteiger partial charge in [0.15, 0.2) is 0 Å². The summed E-state index contributed by atoms with van der Waals surface area (Å²) in [6, 6.07) is 0. The number of rotatable bonds is 0. The first kappa shape index (κ1) is 29.2. The molecule has 0 aliphatic heterocycles. The van der Waals surface area contributed by atoms with E-state index in [0.717, 1.165) is 0 Å². The third-order valence-corrected chi connectivity index (χ3v) is 0. The van der Waals surface area contributed by atoms with E-state index in [4.69, 9.17) is 0 Å². The molecule has 0 aliphatic rings. The number of hydrogen-bond acceptors (Lipinski definition) is 0. The largest absolute Gasteiger partial charge is 0.584 e. The van der Waals surface area contributed by atoms with Gasteiger partial charge in [-0.05, 0) is 0 Å². The summed E-state index contributed by atoms with van der Waals surface area (Å²) in [6.45, 7) is 13.8. The van der Waals surface area contributed by atoms with Gasteiger partial charge in [0.05, 0.1) is 0 Å². The van der Waals surface area contributed by atoms with Crippen molar-refractivity contribution in [3.05, 3.63) is 27.7 Å². The average molecular weight is 424 g/mol. The van der Waals surface area contributed by atoms with Gasteiger partial charge in [-0.3, -0.25) is 0 Å². The van der Waals surface area contributed by atoms with Crippen LogP contribution < -0.4 is 0 Å². The van der Waals surface area contributed by atoms with Crippen molar-refractivity contribution in [3.8, 4) is 0 Å². The van der Waals surface area contributed by atoms with Crippen LogP contribution in [0.15, 0.2) is 0 Å². The molecule has 4 radical (unpaired) electrons. The summed E-state index contributed by atoms with van der Waals surface area (Å²) in [7, 11) is 0. The zero-order valence-electron chi connectivity index (χ0n) is 5.64. The first-order valence-electron chi connectivity index (χ1n) is 1.41. The molecule has 0 amide bonds.